The van der Waals surface area contributed by atoms with Crippen molar-refractivity contribution in [3.05, 3.63) is 88.0 Å². The molecule has 0 saturated carbocycles. The number of benzene rings is 3. The monoisotopic (exact) mass is 478 g/mol. The number of rotatable bonds is 12. The van der Waals surface area contributed by atoms with Crippen LogP contribution in [0.3, 0.4) is 0 Å². The summed E-state index contributed by atoms with van der Waals surface area (Å²) in [6.07, 6.45) is 5.53. The standard InChI is InChI=1S/C30H39O3P/c1-7-22-13-16-25(10-4)28(19-22)31-34(32-29-20-23(8-2)14-17-26(29)11-5)33-30-21-24(9-3)15-18-27(30)12-6/h13-21H,7-12H2,1-6H3. The molecule has 0 N–H and O–H groups in total. The summed E-state index contributed by atoms with van der Waals surface area (Å²) in [4.78, 5) is 0. The third kappa shape index (κ3) is 6.54. The molecule has 4 heteroatoms. The lowest BCUT2D eigenvalue weighted by molar-refractivity contribution is 0.383. The van der Waals surface area contributed by atoms with Crippen LogP contribution in [0.25, 0.3) is 0 Å². The van der Waals surface area contributed by atoms with Crippen LogP contribution in [0.15, 0.2) is 54.6 Å². The molecule has 0 bridgehead atoms. The van der Waals surface area contributed by atoms with Gasteiger partial charge in [-0.15, -0.1) is 0 Å². The lowest BCUT2D eigenvalue weighted by Gasteiger charge is -2.22. The zero-order valence-corrected chi connectivity index (χ0v) is 22.5. The van der Waals surface area contributed by atoms with Crippen molar-refractivity contribution in [1.29, 1.82) is 0 Å². The van der Waals surface area contributed by atoms with E-state index in [0.717, 1.165) is 72.5 Å². The maximum Gasteiger partial charge on any atom is 0.530 e. The van der Waals surface area contributed by atoms with Gasteiger partial charge in [0.15, 0.2) is 0 Å². The van der Waals surface area contributed by atoms with Crippen LogP contribution in [0.1, 0.15) is 74.9 Å². The average Bonchev–Trinajstić information content (AvgIpc) is 2.88. The summed E-state index contributed by atoms with van der Waals surface area (Å²) >= 11 is 0. The molecular weight excluding hydrogens is 439 g/mol. The molecule has 34 heavy (non-hydrogen) atoms. The SMILES string of the molecule is CCc1ccc(CC)c(OP(Oc2cc(CC)ccc2CC)Oc2cc(CC)ccc2CC)c1. The molecular formula is C30H39O3P. The Bertz CT molecular complexity index is 940. The molecule has 0 saturated heterocycles. The van der Waals surface area contributed by atoms with Gasteiger partial charge in [0.2, 0.25) is 0 Å². The Hall–Kier alpha value is -2.51. The minimum Gasteiger partial charge on any atom is -0.408 e. The fourth-order valence-electron chi connectivity index (χ4n) is 3.88. The summed E-state index contributed by atoms with van der Waals surface area (Å²) in [5.74, 6) is 2.55. The first-order valence-corrected chi connectivity index (χ1v) is 13.8. The highest BCUT2D eigenvalue weighted by Crippen LogP contribution is 2.46. The first-order chi connectivity index (χ1) is 16.5. The Morgan fingerprint density at radius 3 is 0.971 bits per heavy atom. The molecule has 3 aromatic carbocycles. The van der Waals surface area contributed by atoms with Crippen LogP contribution < -0.4 is 13.6 Å². The van der Waals surface area contributed by atoms with E-state index in [2.05, 4.69) is 96.1 Å². The minimum absolute atomic E-state index is 0.849. The van der Waals surface area contributed by atoms with Crippen molar-refractivity contribution >= 4 is 8.60 Å². The van der Waals surface area contributed by atoms with E-state index in [1.165, 1.54) is 16.7 Å². The van der Waals surface area contributed by atoms with E-state index in [4.69, 9.17) is 13.6 Å². The van der Waals surface area contributed by atoms with E-state index in [0.29, 0.717) is 0 Å². The van der Waals surface area contributed by atoms with Crippen LogP contribution in [-0.2, 0) is 38.5 Å². The highest BCUT2D eigenvalue weighted by atomic mass is 31.2. The molecule has 0 aromatic heterocycles. The fraction of sp³-hybridized carbons (Fsp3) is 0.400. The fourth-order valence-corrected chi connectivity index (χ4v) is 4.99. The molecule has 0 atom stereocenters. The third-order valence-corrected chi connectivity index (χ3v) is 7.32. The molecule has 3 rings (SSSR count). The predicted octanol–water partition coefficient (Wildman–Crippen LogP) is 8.82. The second-order valence-corrected chi connectivity index (χ2v) is 9.44. The van der Waals surface area contributed by atoms with E-state index in [-0.39, 0.29) is 0 Å². The number of aryl methyl sites for hydroxylation is 6. The second-order valence-electron chi connectivity index (χ2n) is 8.45. The van der Waals surface area contributed by atoms with Crippen molar-refractivity contribution in [2.45, 2.75) is 80.1 Å². The summed E-state index contributed by atoms with van der Waals surface area (Å²) < 4.78 is 19.7. The quantitative estimate of drug-likeness (QED) is 0.243. The summed E-state index contributed by atoms with van der Waals surface area (Å²) in [5.41, 5.74) is 7.21. The van der Waals surface area contributed by atoms with Gasteiger partial charge in [0.25, 0.3) is 0 Å². The summed E-state index contributed by atoms with van der Waals surface area (Å²) in [5, 5.41) is 0. The van der Waals surface area contributed by atoms with Gasteiger partial charge in [-0.25, -0.2) is 0 Å². The molecule has 0 aliphatic carbocycles. The number of hydrogen-bond acceptors (Lipinski definition) is 3. The molecule has 0 unspecified atom stereocenters. The van der Waals surface area contributed by atoms with E-state index >= 15 is 0 Å². The van der Waals surface area contributed by atoms with Crippen molar-refractivity contribution in [3.8, 4) is 17.2 Å². The predicted molar refractivity (Wildman–Crippen MR) is 144 cm³/mol. The molecule has 0 heterocycles. The van der Waals surface area contributed by atoms with Gasteiger partial charge in [-0.3, -0.25) is 0 Å². The van der Waals surface area contributed by atoms with Gasteiger partial charge in [-0.2, -0.15) is 0 Å². The zero-order chi connectivity index (χ0) is 24.5. The summed E-state index contributed by atoms with van der Waals surface area (Å²) in [7, 11) is -1.71. The lowest BCUT2D eigenvalue weighted by atomic mass is 10.1. The van der Waals surface area contributed by atoms with Gasteiger partial charge >= 0.3 is 8.60 Å². The van der Waals surface area contributed by atoms with Gasteiger partial charge in [-0.05, 0) is 90.1 Å². The maximum absolute atomic E-state index is 6.55. The highest BCUT2D eigenvalue weighted by Gasteiger charge is 2.24. The topological polar surface area (TPSA) is 27.7 Å². The summed E-state index contributed by atoms with van der Waals surface area (Å²) in [6.45, 7) is 12.9. The van der Waals surface area contributed by atoms with Crippen LogP contribution in [0.5, 0.6) is 17.2 Å². The normalized spacial score (nSPS) is 11.0. The second kappa shape index (κ2) is 12.8. The Balaban J connectivity index is 2.02. The zero-order valence-electron chi connectivity index (χ0n) is 21.6. The van der Waals surface area contributed by atoms with E-state index < -0.39 is 8.60 Å². The largest absolute Gasteiger partial charge is 0.530 e. The van der Waals surface area contributed by atoms with E-state index in [9.17, 15) is 0 Å². The Morgan fingerprint density at radius 1 is 0.441 bits per heavy atom. The van der Waals surface area contributed by atoms with E-state index in [1.807, 2.05) is 0 Å². The molecule has 182 valence electrons. The Morgan fingerprint density at radius 2 is 0.735 bits per heavy atom. The third-order valence-electron chi connectivity index (χ3n) is 6.28. The van der Waals surface area contributed by atoms with Crippen molar-refractivity contribution < 1.29 is 13.6 Å². The van der Waals surface area contributed by atoms with Crippen LogP contribution in [0.2, 0.25) is 0 Å². The van der Waals surface area contributed by atoms with Gasteiger partial charge in [-0.1, -0.05) is 77.9 Å². The summed E-state index contributed by atoms with van der Waals surface area (Å²) in [6, 6.07) is 19.4. The molecule has 0 aliphatic heterocycles. The van der Waals surface area contributed by atoms with Crippen LogP contribution in [0.4, 0.5) is 0 Å². The minimum atomic E-state index is -1.71. The van der Waals surface area contributed by atoms with Crippen LogP contribution >= 0.6 is 8.60 Å². The first kappa shape index (κ1) is 26.1. The molecule has 0 fully saturated rings. The molecule has 0 amide bonds. The molecule has 3 aromatic rings. The van der Waals surface area contributed by atoms with Gasteiger partial charge < -0.3 is 13.6 Å². The molecule has 0 spiro atoms. The van der Waals surface area contributed by atoms with Gasteiger partial charge in [0, 0.05) is 0 Å². The van der Waals surface area contributed by atoms with Crippen LogP contribution in [0, 0.1) is 0 Å². The smallest absolute Gasteiger partial charge is 0.408 e. The van der Waals surface area contributed by atoms with Crippen molar-refractivity contribution in [3.63, 3.8) is 0 Å². The van der Waals surface area contributed by atoms with Gasteiger partial charge in [0.05, 0.1) is 0 Å². The lowest BCUT2D eigenvalue weighted by Crippen LogP contribution is -2.07. The van der Waals surface area contributed by atoms with Crippen molar-refractivity contribution in [2.24, 2.45) is 0 Å². The van der Waals surface area contributed by atoms with Crippen LogP contribution in [-0.4, -0.2) is 0 Å². The Kier molecular flexibility index (Phi) is 9.84. The average molecular weight is 479 g/mol. The highest BCUT2D eigenvalue weighted by molar-refractivity contribution is 7.43. The van der Waals surface area contributed by atoms with Gasteiger partial charge in [0.1, 0.15) is 17.2 Å². The maximum atomic E-state index is 6.55. The number of hydrogen-bond donors (Lipinski definition) is 0. The van der Waals surface area contributed by atoms with E-state index in [1.54, 1.807) is 0 Å². The first-order valence-electron chi connectivity index (χ1n) is 12.7. The Labute approximate surface area is 207 Å². The molecule has 0 aliphatic rings. The molecule has 0 radical (unpaired) electrons. The van der Waals surface area contributed by atoms with Crippen molar-refractivity contribution in [1.82, 2.24) is 0 Å². The van der Waals surface area contributed by atoms with Crippen molar-refractivity contribution in [2.75, 3.05) is 0 Å². The molecule has 3 nitrogen and oxygen atoms in total.